The lowest BCUT2D eigenvalue weighted by Gasteiger charge is -2.21. The lowest BCUT2D eigenvalue weighted by molar-refractivity contribution is -0.142. The van der Waals surface area contributed by atoms with Crippen molar-refractivity contribution >= 4 is 41.2 Å². The zero-order chi connectivity index (χ0) is 15.6. The van der Waals surface area contributed by atoms with Crippen molar-refractivity contribution in [2.45, 2.75) is 19.4 Å². The van der Waals surface area contributed by atoms with E-state index in [-0.39, 0.29) is 11.9 Å². The molecular formula is C15H15Cl2NO3. The van der Waals surface area contributed by atoms with E-state index < -0.39 is 11.9 Å². The molecule has 1 fully saturated rings. The minimum Gasteiger partial charge on any atom is -0.481 e. The number of amides is 1. The molecule has 6 heteroatoms. The molecule has 4 nitrogen and oxygen atoms in total. The number of nitrogens with zero attached hydrogens (tertiary/aromatic N) is 1. The molecule has 0 aliphatic carbocycles. The normalized spacial score (nSPS) is 22.0. The third-order valence-corrected chi connectivity index (χ3v) is 4.30. The Morgan fingerprint density at radius 3 is 2.71 bits per heavy atom. The molecule has 0 saturated carbocycles. The molecule has 1 aromatic carbocycles. The first kappa shape index (κ1) is 15.9. The van der Waals surface area contributed by atoms with Crippen molar-refractivity contribution in [3.05, 3.63) is 39.9 Å². The van der Waals surface area contributed by atoms with E-state index in [9.17, 15) is 9.59 Å². The minimum absolute atomic E-state index is 0.220. The van der Waals surface area contributed by atoms with Crippen molar-refractivity contribution in [3.8, 4) is 0 Å². The van der Waals surface area contributed by atoms with Crippen LogP contribution >= 0.6 is 23.2 Å². The fourth-order valence-electron chi connectivity index (χ4n) is 2.48. The van der Waals surface area contributed by atoms with E-state index in [1.165, 1.54) is 6.08 Å². The van der Waals surface area contributed by atoms with Crippen LogP contribution < -0.4 is 0 Å². The van der Waals surface area contributed by atoms with Crippen molar-refractivity contribution in [2.24, 2.45) is 5.92 Å². The maximum atomic E-state index is 12.2. The van der Waals surface area contributed by atoms with Gasteiger partial charge in [-0.2, -0.15) is 0 Å². The zero-order valence-corrected chi connectivity index (χ0v) is 12.9. The van der Waals surface area contributed by atoms with Gasteiger partial charge in [-0.15, -0.1) is 0 Å². The molecular weight excluding hydrogens is 313 g/mol. The van der Waals surface area contributed by atoms with Crippen molar-refractivity contribution < 1.29 is 14.7 Å². The lowest BCUT2D eigenvalue weighted by Crippen LogP contribution is -2.36. The Kier molecular flexibility index (Phi) is 4.91. The van der Waals surface area contributed by atoms with E-state index in [0.29, 0.717) is 28.6 Å². The first-order valence-corrected chi connectivity index (χ1v) is 7.32. The average molecular weight is 328 g/mol. The second-order valence-electron chi connectivity index (χ2n) is 5.00. The van der Waals surface area contributed by atoms with Gasteiger partial charge in [0.15, 0.2) is 0 Å². The van der Waals surface area contributed by atoms with Gasteiger partial charge in [0.05, 0.1) is 5.92 Å². The van der Waals surface area contributed by atoms with Crippen LogP contribution in [0.4, 0.5) is 0 Å². The summed E-state index contributed by atoms with van der Waals surface area (Å²) >= 11 is 11.9. The summed E-state index contributed by atoms with van der Waals surface area (Å²) in [6.45, 7) is 2.20. The standard InChI is InChI=1S/C15H15Cl2NO3/c1-9-12(15(20)21)6-7-18(9)14(19)5-2-10-8-11(16)3-4-13(10)17/h2-5,8-9,12H,6-7H2,1H3,(H,20,21). The Hall–Kier alpha value is -1.52. The summed E-state index contributed by atoms with van der Waals surface area (Å²) in [5.74, 6) is -1.58. The number of hydrogen-bond acceptors (Lipinski definition) is 2. The Morgan fingerprint density at radius 1 is 1.38 bits per heavy atom. The van der Waals surface area contributed by atoms with Crippen molar-refractivity contribution in [1.82, 2.24) is 4.90 Å². The van der Waals surface area contributed by atoms with Gasteiger partial charge in [0.25, 0.3) is 0 Å². The Morgan fingerprint density at radius 2 is 2.10 bits per heavy atom. The summed E-state index contributed by atoms with van der Waals surface area (Å²) in [5.41, 5.74) is 0.652. The van der Waals surface area contributed by atoms with E-state index >= 15 is 0 Å². The molecule has 0 radical (unpaired) electrons. The molecule has 1 aromatic rings. The maximum absolute atomic E-state index is 12.2. The van der Waals surface area contributed by atoms with Crippen LogP contribution in [0.1, 0.15) is 18.9 Å². The lowest BCUT2D eigenvalue weighted by atomic mass is 10.0. The molecule has 21 heavy (non-hydrogen) atoms. The second-order valence-corrected chi connectivity index (χ2v) is 5.85. The highest BCUT2D eigenvalue weighted by Gasteiger charge is 2.37. The van der Waals surface area contributed by atoms with Crippen molar-refractivity contribution in [2.75, 3.05) is 6.54 Å². The summed E-state index contributed by atoms with van der Waals surface area (Å²) in [4.78, 5) is 24.8. The fourth-order valence-corrected chi connectivity index (χ4v) is 2.84. The smallest absolute Gasteiger partial charge is 0.308 e. The number of carboxylic acids is 1. The number of carboxylic acid groups (broad SMARTS) is 1. The molecule has 1 heterocycles. The highest BCUT2D eigenvalue weighted by Crippen LogP contribution is 2.25. The molecule has 112 valence electrons. The van der Waals surface area contributed by atoms with Crippen LogP contribution in [0.25, 0.3) is 6.08 Å². The number of carbonyl (C=O) groups excluding carboxylic acids is 1. The summed E-state index contributed by atoms with van der Waals surface area (Å²) in [6.07, 6.45) is 3.48. The van der Waals surface area contributed by atoms with E-state index in [1.807, 2.05) is 0 Å². The number of aliphatic carboxylic acids is 1. The molecule has 2 rings (SSSR count). The molecule has 2 unspecified atom stereocenters. The molecule has 1 aliphatic heterocycles. The van der Waals surface area contributed by atoms with Crippen molar-refractivity contribution in [1.29, 1.82) is 0 Å². The van der Waals surface area contributed by atoms with Crippen LogP contribution in [0, 0.1) is 5.92 Å². The topological polar surface area (TPSA) is 57.6 Å². The monoisotopic (exact) mass is 327 g/mol. The number of halogens is 2. The van der Waals surface area contributed by atoms with Gasteiger partial charge in [-0.1, -0.05) is 23.2 Å². The van der Waals surface area contributed by atoms with E-state index in [0.717, 1.165) is 0 Å². The number of benzene rings is 1. The quantitative estimate of drug-likeness (QED) is 0.866. The van der Waals surface area contributed by atoms with Gasteiger partial charge in [-0.25, -0.2) is 0 Å². The van der Waals surface area contributed by atoms with Crippen molar-refractivity contribution in [3.63, 3.8) is 0 Å². The minimum atomic E-state index is -0.861. The largest absolute Gasteiger partial charge is 0.481 e. The van der Waals surface area contributed by atoms with Gasteiger partial charge < -0.3 is 10.0 Å². The molecule has 0 bridgehead atoms. The fraction of sp³-hybridized carbons (Fsp3) is 0.333. The third-order valence-electron chi connectivity index (χ3n) is 3.72. The van der Waals surface area contributed by atoms with Gasteiger partial charge in [0.2, 0.25) is 5.91 Å². The highest BCUT2D eigenvalue weighted by molar-refractivity contribution is 6.34. The molecule has 1 N–H and O–H groups in total. The predicted octanol–water partition coefficient (Wildman–Crippen LogP) is 3.33. The van der Waals surface area contributed by atoms with Crippen LogP contribution in [0.3, 0.4) is 0 Å². The maximum Gasteiger partial charge on any atom is 0.308 e. The SMILES string of the molecule is CC1C(C(=O)O)CCN1C(=O)C=Cc1cc(Cl)ccc1Cl. The van der Waals surface area contributed by atoms with Crippen LogP contribution in [0.5, 0.6) is 0 Å². The third kappa shape index (κ3) is 3.57. The first-order chi connectivity index (χ1) is 9.90. The number of likely N-dealkylation sites (tertiary alicyclic amines) is 1. The van der Waals surface area contributed by atoms with Crippen LogP contribution in [-0.4, -0.2) is 34.5 Å². The van der Waals surface area contributed by atoms with E-state index in [4.69, 9.17) is 28.3 Å². The summed E-state index contributed by atoms with van der Waals surface area (Å²) in [6, 6.07) is 4.69. The predicted molar refractivity (Wildman–Crippen MR) is 82.4 cm³/mol. The molecule has 1 saturated heterocycles. The molecule has 0 spiro atoms. The molecule has 1 amide bonds. The van der Waals surface area contributed by atoms with Gasteiger partial charge in [-0.3, -0.25) is 9.59 Å². The first-order valence-electron chi connectivity index (χ1n) is 6.56. The van der Waals surface area contributed by atoms with E-state index in [1.54, 1.807) is 36.1 Å². The number of hydrogen-bond donors (Lipinski definition) is 1. The summed E-state index contributed by atoms with van der Waals surface area (Å²) < 4.78 is 0. The average Bonchev–Trinajstić information content (AvgIpc) is 2.81. The number of carbonyl (C=O) groups is 2. The zero-order valence-electron chi connectivity index (χ0n) is 11.4. The van der Waals surface area contributed by atoms with Gasteiger partial charge >= 0.3 is 5.97 Å². The van der Waals surface area contributed by atoms with Crippen LogP contribution in [-0.2, 0) is 9.59 Å². The molecule has 1 aliphatic rings. The van der Waals surface area contributed by atoms with Gasteiger partial charge in [0, 0.05) is 28.7 Å². The summed E-state index contributed by atoms with van der Waals surface area (Å²) in [5, 5.41) is 10.1. The molecule has 0 aromatic heterocycles. The summed E-state index contributed by atoms with van der Waals surface area (Å²) in [7, 11) is 0. The highest BCUT2D eigenvalue weighted by atomic mass is 35.5. The molecule has 2 atom stereocenters. The van der Waals surface area contributed by atoms with Crippen LogP contribution in [0.2, 0.25) is 10.0 Å². The van der Waals surface area contributed by atoms with Crippen LogP contribution in [0.15, 0.2) is 24.3 Å². The number of rotatable bonds is 3. The Bertz CT molecular complexity index is 601. The van der Waals surface area contributed by atoms with Gasteiger partial charge in [-0.05, 0) is 43.2 Å². The Labute approximate surface area is 133 Å². The Balaban J connectivity index is 2.10. The van der Waals surface area contributed by atoms with E-state index in [2.05, 4.69) is 0 Å². The van der Waals surface area contributed by atoms with Gasteiger partial charge in [0.1, 0.15) is 0 Å². The second kappa shape index (κ2) is 6.50.